The fourth-order valence-corrected chi connectivity index (χ4v) is 1.38. The molecular formula is C11H10FNO6. The lowest BCUT2D eigenvalue weighted by Gasteiger charge is -2.18. The Balaban J connectivity index is 3.04. The molecule has 0 aliphatic rings. The maximum atomic E-state index is 12.8. The van der Waals surface area contributed by atoms with Crippen LogP contribution in [0, 0.1) is 5.82 Å². The van der Waals surface area contributed by atoms with Gasteiger partial charge in [0, 0.05) is 6.07 Å². The first kappa shape index (κ1) is 14.4. The Bertz CT molecular complexity index is 514. The zero-order valence-electron chi connectivity index (χ0n) is 9.54. The fraction of sp³-hybridized carbons (Fsp3) is 0.182. The molecule has 19 heavy (non-hydrogen) atoms. The highest BCUT2D eigenvalue weighted by atomic mass is 19.1. The van der Waals surface area contributed by atoms with E-state index in [0.29, 0.717) is 11.0 Å². The lowest BCUT2D eigenvalue weighted by molar-refractivity contribution is -0.140. The number of phenols is 1. The van der Waals surface area contributed by atoms with Gasteiger partial charge in [-0.05, 0) is 12.1 Å². The molecule has 0 atom stereocenters. The van der Waals surface area contributed by atoms with Gasteiger partial charge in [0.05, 0.1) is 5.56 Å². The predicted molar refractivity (Wildman–Crippen MR) is 59.2 cm³/mol. The second kappa shape index (κ2) is 5.80. The molecule has 0 saturated heterocycles. The molecule has 0 radical (unpaired) electrons. The molecule has 0 fully saturated rings. The smallest absolute Gasteiger partial charge is 0.323 e. The number of carboxylic acid groups (broad SMARTS) is 2. The van der Waals surface area contributed by atoms with Crippen molar-refractivity contribution in [3.05, 3.63) is 29.6 Å². The van der Waals surface area contributed by atoms with E-state index in [9.17, 15) is 23.9 Å². The first-order chi connectivity index (χ1) is 8.81. The summed E-state index contributed by atoms with van der Waals surface area (Å²) in [4.78, 5) is 33.5. The van der Waals surface area contributed by atoms with Crippen molar-refractivity contribution in [3.63, 3.8) is 0 Å². The molecule has 1 aromatic rings. The number of carbonyl (C=O) groups is 3. The minimum atomic E-state index is -1.41. The number of aliphatic carboxylic acids is 2. The summed E-state index contributed by atoms with van der Waals surface area (Å²) >= 11 is 0. The number of amides is 1. The molecule has 3 N–H and O–H groups in total. The van der Waals surface area contributed by atoms with E-state index in [2.05, 4.69) is 0 Å². The highest BCUT2D eigenvalue weighted by Crippen LogP contribution is 2.19. The van der Waals surface area contributed by atoms with Crippen LogP contribution in [-0.4, -0.2) is 51.2 Å². The van der Waals surface area contributed by atoms with Crippen molar-refractivity contribution >= 4 is 17.8 Å². The van der Waals surface area contributed by atoms with Gasteiger partial charge in [-0.15, -0.1) is 0 Å². The molecule has 1 aromatic carbocycles. The van der Waals surface area contributed by atoms with Crippen LogP contribution in [0.25, 0.3) is 0 Å². The second-order valence-corrected chi connectivity index (χ2v) is 3.61. The number of nitrogens with zero attached hydrogens (tertiary/aromatic N) is 1. The van der Waals surface area contributed by atoms with Crippen LogP contribution in [0.5, 0.6) is 5.75 Å². The Kier molecular flexibility index (Phi) is 4.41. The molecule has 0 aliphatic heterocycles. The van der Waals surface area contributed by atoms with Gasteiger partial charge >= 0.3 is 11.9 Å². The Labute approximate surface area is 106 Å². The number of hydrogen-bond donors (Lipinski definition) is 3. The number of phenolic OH excluding ortho intramolecular Hbond substituents is 1. The molecular weight excluding hydrogens is 261 g/mol. The lowest BCUT2D eigenvalue weighted by atomic mass is 10.1. The number of rotatable bonds is 5. The fourth-order valence-electron chi connectivity index (χ4n) is 1.38. The van der Waals surface area contributed by atoms with Crippen LogP contribution in [0.1, 0.15) is 10.4 Å². The van der Waals surface area contributed by atoms with Crippen molar-refractivity contribution < 1.29 is 34.1 Å². The van der Waals surface area contributed by atoms with Crippen LogP contribution in [0.2, 0.25) is 0 Å². The van der Waals surface area contributed by atoms with Gasteiger partial charge in [0.25, 0.3) is 5.91 Å². The average Bonchev–Trinajstić information content (AvgIpc) is 2.26. The van der Waals surface area contributed by atoms with Crippen molar-refractivity contribution in [3.8, 4) is 5.75 Å². The Morgan fingerprint density at radius 3 is 2.05 bits per heavy atom. The minimum absolute atomic E-state index is 0.371. The monoisotopic (exact) mass is 271 g/mol. The van der Waals surface area contributed by atoms with Crippen LogP contribution in [0.3, 0.4) is 0 Å². The molecule has 0 unspecified atom stereocenters. The molecule has 0 saturated carbocycles. The number of carbonyl (C=O) groups excluding carboxylic acids is 1. The normalized spacial score (nSPS) is 9.95. The molecule has 0 heterocycles. The summed E-state index contributed by atoms with van der Waals surface area (Å²) in [5, 5.41) is 26.6. The van der Waals surface area contributed by atoms with Gasteiger partial charge in [0.1, 0.15) is 24.7 Å². The third-order valence-corrected chi connectivity index (χ3v) is 2.13. The molecule has 0 aromatic heterocycles. The van der Waals surface area contributed by atoms with E-state index in [1.807, 2.05) is 0 Å². The number of benzene rings is 1. The van der Waals surface area contributed by atoms with Gasteiger partial charge in [-0.2, -0.15) is 0 Å². The largest absolute Gasteiger partial charge is 0.507 e. The maximum absolute atomic E-state index is 12.8. The summed E-state index contributed by atoms with van der Waals surface area (Å²) < 4.78 is 12.8. The standard InChI is InChI=1S/C11H10FNO6/c12-6-1-2-7(8(14)3-6)11(19)13(4-9(15)16)5-10(17)18/h1-3,14H,4-5H2,(H,15,16)(H,17,18). The Morgan fingerprint density at radius 2 is 1.63 bits per heavy atom. The number of carboxylic acids is 2. The third-order valence-electron chi connectivity index (χ3n) is 2.13. The highest BCUT2D eigenvalue weighted by Gasteiger charge is 2.23. The number of hydrogen-bond acceptors (Lipinski definition) is 4. The molecule has 0 spiro atoms. The number of halogens is 1. The van der Waals surface area contributed by atoms with Gasteiger partial charge in [-0.1, -0.05) is 0 Å². The van der Waals surface area contributed by atoms with Crippen LogP contribution >= 0.6 is 0 Å². The second-order valence-electron chi connectivity index (χ2n) is 3.61. The summed E-state index contributed by atoms with van der Waals surface area (Å²) in [6, 6.07) is 2.52. The molecule has 0 bridgehead atoms. The van der Waals surface area contributed by atoms with Crippen molar-refractivity contribution in [2.24, 2.45) is 0 Å². The SMILES string of the molecule is O=C(O)CN(CC(=O)O)C(=O)c1ccc(F)cc1O. The quantitative estimate of drug-likeness (QED) is 0.701. The van der Waals surface area contributed by atoms with E-state index in [-0.39, 0.29) is 5.56 Å². The summed E-state index contributed by atoms with van der Waals surface area (Å²) in [7, 11) is 0. The van der Waals surface area contributed by atoms with Gasteiger partial charge in [-0.25, -0.2) is 4.39 Å². The van der Waals surface area contributed by atoms with Crippen LogP contribution < -0.4 is 0 Å². The van der Waals surface area contributed by atoms with Crippen LogP contribution in [0.15, 0.2) is 18.2 Å². The summed E-state index contributed by atoms with van der Waals surface area (Å²) in [6.45, 7) is -1.69. The summed E-state index contributed by atoms with van der Waals surface area (Å²) in [5.41, 5.74) is -0.371. The van der Waals surface area contributed by atoms with Crippen molar-refractivity contribution in [2.45, 2.75) is 0 Å². The van der Waals surface area contributed by atoms with E-state index in [1.165, 1.54) is 0 Å². The van der Waals surface area contributed by atoms with Crippen molar-refractivity contribution in [2.75, 3.05) is 13.1 Å². The van der Waals surface area contributed by atoms with Gasteiger partial charge in [0.2, 0.25) is 0 Å². The van der Waals surface area contributed by atoms with Crippen LogP contribution in [-0.2, 0) is 9.59 Å². The van der Waals surface area contributed by atoms with E-state index >= 15 is 0 Å². The molecule has 0 aliphatic carbocycles. The molecule has 1 rings (SSSR count). The van der Waals surface area contributed by atoms with Gasteiger partial charge in [0.15, 0.2) is 0 Å². The maximum Gasteiger partial charge on any atom is 0.323 e. The zero-order chi connectivity index (χ0) is 14.6. The molecule has 1 amide bonds. The average molecular weight is 271 g/mol. The first-order valence-electron chi connectivity index (χ1n) is 5.02. The van der Waals surface area contributed by atoms with Crippen molar-refractivity contribution in [1.82, 2.24) is 4.90 Å². The minimum Gasteiger partial charge on any atom is -0.507 e. The first-order valence-corrected chi connectivity index (χ1v) is 5.02. The van der Waals surface area contributed by atoms with Crippen LogP contribution in [0.4, 0.5) is 4.39 Å². The molecule has 7 nitrogen and oxygen atoms in total. The summed E-state index contributed by atoms with van der Waals surface area (Å²) in [6.07, 6.45) is 0. The molecule has 8 heteroatoms. The van der Waals surface area contributed by atoms with E-state index in [1.54, 1.807) is 0 Å². The van der Waals surface area contributed by atoms with Gasteiger partial charge < -0.3 is 20.2 Å². The van der Waals surface area contributed by atoms with E-state index < -0.39 is 42.5 Å². The summed E-state index contributed by atoms with van der Waals surface area (Å²) in [5.74, 6) is -5.29. The van der Waals surface area contributed by atoms with Gasteiger partial charge in [-0.3, -0.25) is 14.4 Å². The highest BCUT2D eigenvalue weighted by molar-refractivity contribution is 5.99. The third kappa shape index (κ3) is 3.95. The van der Waals surface area contributed by atoms with E-state index in [0.717, 1.165) is 12.1 Å². The predicted octanol–water partition coefficient (Wildman–Crippen LogP) is 0.143. The molecule has 102 valence electrons. The Hall–Kier alpha value is -2.64. The number of aromatic hydroxyl groups is 1. The van der Waals surface area contributed by atoms with Crippen molar-refractivity contribution in [1.29, 1.82) is 0 Å². The Morgan fingerprint density at radius 1 is 1.11 bits per heavy atom. The topological polar surface area (TPSA) is 115 Å². The van der Waals surface area contributed by atoms with E-state index in [4.69, 9.17) is 10.2 Å². The lowest BCUT2D eigenvalue weighted by Crippen LogP contribution is -2.39. The zero-order valence-corrected chi connectivity index (χ0v) is 9.54.